The van der Waals surface area contributed by atoms with E-state index in [2.05, 4.69) is 5.32 Å². The Hall–Kier alpha value is -3.37. The minimum absolute atomic E-state index is 0.0847. The summed E-state index contributed by atoms with van der Waals surface area (Å²) in [5.74, 6) is -0.908. The number of nitrogens with two attached hydrogens (primary N) is 2. The summed E-state index contributed by atoms with van der Waals surface area (Å²) in [4.78, 5) is 12.8. The summed E-state index contributed by atoms with van der Waals surface area (Å²) >= 11 is 0. The zero-order chi connectivity index (χ0) is 22.1. The van der Waals surface area contributed by atoms with Crippen molar-refractivity contribution >= 4 is 38.6 Å². The summed E-state index contributed by atoms with van der Waals surface area (Å²) in [5.41, 5.74) is 9.61. The van der Waals surface area contributed by atoms with E-state index in [0.29, 0.717) is 23.2 Å². The van der Waals surface area contributed by atoms with Crippen molar-refractivity contribution in [3.63, 3.8) is 0 Å². The highest BCUT2D eigenvalue weighted by Gasteiger charge is 2.25. The quantitative estimate of drug-likeness (QED) is 0.285. The van der Waals surface area contributed by atoms with E-state index in [4.69, 9.17) is 20.7 Å². The Morgan fingerprint density at radius 2 is 1.90 bits per heavy atom. The highest BCUT2D eigenvalue weighted by Crippen LogP contribution is 2.30. The Balaban J connectivity index is 2.07. The summed E-state index contributed by atoms with van der Waals surface area (Å²) in [5, 5.41) is 16.4. The first kappa shape index (κ1) is 21.3. The lowest BCUT2D eigenvalue weighted by molar-refractivity contribution is -0.120. The van der Waals surface area contributed by atoms with Gasteiger partial charge in [-0.25, -0.2) is 9.86 Å². The van der Waals surface area contributed by atoms with Crippen molar-refractivity contribution in [2.75, 3.05) is 5.32 Å². The zero-order valence-electron chi connectivity index (χ0n) is 16.5. The minimum Gasteiger partial charge on any atom is -0.464 e. The second-order valence-electron chi connectivity index (χ2n) is 6.91. The van der Waals surface area contributed by atoms with Crippen LogP contribution in [0.3, 0.4) is 0 Å². The van der Waals surface area contributed by atoms with E-state index in [9.17, 15) is 13.2 Å². The lowest BCUT2D eigenvalue weighted by Gasteiger charge is -2.20. The molecule has 3 aromatic rings. The molecule has 9 nitrogen and oxygen atoms in total. The molecule has 10 heteroatoms. The van der Waals surface area contributed by atoms with Crippen LogP contribution >= 0.6 is 0 Å². The first-order valence-electron chi connectivity index (χ1n) is 9.15. The Bertz CT molecular complexity index is 1220. The molecule has 0 saturated carbocycles. The number of carbonyl (C=O) groups excluding carboxylic acids is 1. The van der Waals surface area contributed by atoms with E-state index in [0.717, 1.165) is 22.1 Å². The molecule has 30 heavy (non-hydrogen) atoms. The molecule has 1 atom stereocenters. The fraction of sp³-hybridized carbons (Fsp3) is 0.200. The number of nitrogens with one attached hydrogen (secondary N) is 3. The monoisotopic (exact) mass is 429 g/mol. The van der Waals surface area contributed by atoms with Gasteiger partial charge in [-0.15, -0.1) is 0 Å². The van der Waals surface area contributed by atoms with Crippen LogP contribution in [-0.4, -0.2) is 20.2 Å². The predicted molar refractivity (Wildman–Crippen MR) is 115 cm³/mol. The molecule has 0 radical (unpaired) electrons. The van der Waals surface area contributed by atoms with Crippen molar-refractivity contribution in [2.24, 2.45) is 10.9 Å². The van der Waals surface area contributed by atoms with Crippen molar-refractivity contribution in [1.29, 1.82) is 5.41 Å². The van der Waals surface area contributed by atoms with E-state index in [-0.39, 0.29) is 5.84 Å². The number of hydrogen-bond acceptors (Lipinski definition) is 6. The zero-order valence-corrected chi connectivity index (χ0v) is 17.3. The topological polar surface area (TPSA) is 164 Å². The van der Waals surface area contributed by atoms with Crippen LogP contribution in [0.1, 0.15) is 35.2 Å². The molecule has 7 N–H and O–H groups in total. The molecule has 0 aliphatic rings. The molecule has 0 fully saturated rings. The maximum absolute atomic E-state index is 12.8. The molecule has 0 aliphatic carbocycles. The Labute approximate surface area is 174 Å². The number of anilines is 1. The highest BCUT2D eigenvalue weighted by atomic mass is 32.2. The third kappa shape index (κ3) is 4.61. The number of nitrogen functional groups attached to an aromatic ring is 1. The third-order valence-corrected chi connectivity index (χ3v) is 5.18. The van der Waals surface area contributed by atoms with E-state index in [1.807, 2.05) is 18.6 Å². The SMILES string of the molecule is CCc1cc([C@@H](Nc2ccc(C(=N)N)cc2)C(=O)NS(N)(=O)=O)cc2c(C)coc12. The molecule has 1 heterocycles. The number of furan rings is 1. The summed E-state index contributed by atoms with van der Waals surface area (Å²) < 4.78 is 30.4. The molecule has 2 aromatic carbocycles. The van der Waals surface area contributed by atoms with Crippen molar-refractivity contribution in [3.05, 3.63) is 64.9 Å². The molecular formula is C20H23N5O4S. The van der Waals surface area contributed by atoms with Crippen LogP contribution in [-0.2, 0) is 21.4 Å². The molecular weight excluding hydrogens is 406 g/mol. The van der Waals surface area contributed by atoms with Gasteiger partial charge in [-0.1, -0.05) is 6.92 Å². The number of aryl methyl sites for hydroxylation is 2. The van der Waals surface area contributed by atoms with Gasteiger partial charge in [-0.3, -0.25) is 10.2 Å². The number of hydrogen-bond donors (Lipinski definition) is 5. The van der Waals surface area contributed by atoms with Crippen LogP contribution < -0.4 is 20.9 Å². The smallest absolute Gasteiger partial charge is 0.298 e. The number of rotatable bonds is 7. The normalized spacial score (nSPS) is 12.5. The van der Waals surface area contributed by atoms with Gasteiger partial charge in [0.05, 0.1) is 6.26 Å². The van der Waals surface area contributed by atoms with E-state index >= 15 is 0 Å². The second-order valence-corrected chi connectivity index (χ2v) is 8.20. The molecule has 0 spiro atoms. The van der Waals surface area contributed by atoms with Crippen molar-refractivity contribution < 1.29 is 17.6 Å². The van der Waals surface area contributed by atoms with E-state index in [1.165, 1.54) is 0 Å². The molecule has 3 rings (SSSR count). The first-order chi connectivity index (χ1) is 14.1. The summed E-state index contributed by atoms with van der Waals surface area (Å²) in [6.07, 6.45) is 2.30. The summed E-state index contributed by atoms with van der Waals surface area (Å²) in [7, 11) is -4.24. The van der Waals surface area contributed by atoms with Crippen LogP contribution in [0.15, 0.2) is 47.1 Å². The van der Waals surface area contributed by atoms with Gasteiger partial charge < -0.3 is 15.5 Å². The molecule has 0 unspecified atom stereocenters. The van der Waals surface area contributed by atoms with Crippen LogP contribution in [0.5, 0.6) is 0 Å². The lowest BCUT2D eigenvalue weighted by atomic mass is 9.98. The number of amidine groups is 1. The van der Waals surface area contributed by atoms with Crippen molar-refractivity contribution in [1.82, 2.24) is 4.72 Å². The van der Waals surface area contributed by atoms with Crippen LogP contribution in [0.4, 0.5) is 5.69 Å². The van der Waals surface area contributed by atoms with Crippen molar-refractivity contribution in [3.8, 4) is 0 Å². The Morgan fingerprint density at radius 3 is 2.47 bits per heavy atom. The molecule has 0 aliphatic heterocycles. The third-order valence-electron chi connectivity index (χ3n) is 4.69. The van der Waals surface area contributed by atoms with E-state index in [1.54, 1.807) is 42.7 Å². The number of benzene rings is 2. The Kier molecular flexibility index (Phi) is 5.81. The average molecular weight is 430 g/mol. The van der Waals surface area contributed by atoms with Crippen LogP contribution in [0.25, 0.3) is 11.0 Å². The maximum Gasteiger partial charge on any atom is 0.298 e. The predicted octanol–water partition coefficient (Wildman–Crippen LogP) is 2.06. The molecule has 1 amide bonds. The van der Waals surface area contributed by atoms with Gasteiger partial charge in [0.1, 0.15) is 17.5 Å². The summed E-state index contributed by atoms with van der Waals surface area (Å²) in [6, 6.07) is 9.09. The average Bonchev–Trinajstić information content (AvgIpc) is 3.05. The molecule has 158 valence electrons. The second kappa shape index (κ2) is 8.17. The Morgan fingerprint density at radius 1 is 1.23 bits per heavy atom. The van der Waals surface area contributed by atoms with Crippen LogP contribution in [0.2, 0.25) is 0 Å². The van der Waals surface area contributed by atoms with Crippen molar-refractivity contribution in [2.45, 2.75) is 26.3 Å². The van der Waals surface area contributed by atoms with Gasteiger partial charge in [0.15, 0.2) is 0 Å². The lowest BCUT2D eigenvalue weighted by Crippen LogP contribution is -2.41. The van der Waals surface area contributed by atoms with Gasteiger partial charge in [0, 0.05) is 16.6 Å². The largest absolute Gasteiger partial charge is 0.464 e. The van der Waals surface area contributed by atoms with E-state index < -0.39 is 22.2 Å². The number of amides is 1. The van der Waals surface area contributed by atoms with Gasteiger partial charge >= 0.3 is 0 Å². The fourth-order valence-corrected chi connectivity index (χ4v) is 3.60. The van der Waals surface area contributed by atoms with Gasteiger partial charge in [-0.2, -0.15) is 8.42 Å². The minimum atomic E-state index is -4.24. The molecule has 1 aromatic heterocycles. The molecule has 0 saturated heterocycles. The molecule has 0 bridgehead atoms. The maximum atomic E-state index is 12.8. The van der Waals surface area contributed by atoms with Gasteiger partial charge in [-0.05, 0) is 66.4 Å². The summed E-state index contributed by atoms with van der Waals surface area (Å²) in [6.45, 7) is 3.85. The number of fused-ring (bicyclic) bond motifs is 1. The fourth-order valence-electron chi connectivity index (χ4n) is 3.20. The van der Waals surface area contributed by atoms with Gasteiger partial charge in [0.2, 0.25) is 0 Å². The number of carbonyl (C=O) groups is 1. The standard InChI is InChI=1S/C20H23N5O4S/c1-3-12-8-14(9-16-11(2)10-29-18(12)16)17(20(26)25-30(23,27)28)24-15-6-4-13(5-7-15)19(21)22/h4-10,17,24H,3H2,1-2H3,(H3,21,22)(H,25,26)(H2,23,27,28)/t17-/m1/s1. The van der Waals surface area contributed by atoms with Crippen LogP contribution in [0, 0.1) is 12.3 Å². The highest BCUT2D eigenvalue weighted by molar-refractivity contribution is 7.87. The first-order valence-corrected chi connectivity index (χ1v) is 10.7. The van der Waals surface area contributed by atoms with Gasteiger partial charge in [0.25, 0.3) is 16.1 Å².